The topological polar surface area (TPSA) is 43.0 Å². The summed E-state index contributed by atoms with van der Waals surface area (Å²) < 4.78 is 10.3. The zero-order valence-corrected chi connectivity index (χ0v) is 7.43. The summed E-state index contributed by atoms with van der Waals surface area (Å²) in [5.41, 5.74) is 0.685. The van der Waals surface area contributed by atoms with Crippen molar-refractivity contribution < 1.29 is 14.6 Å². The molecule has 0 spiro atoms. The normalized spacial score (nSPS) is 14.9. The Kier molecular flexibility index (Phi) is 2.25. The molecule has 2 rings (SSSR count). The van der Waals surface area contributed by atoms with Gasteiger partial charge in [0.05, 0.1) is 0 Å². The fourth-order valence-corrected chi connectivity index (χ4v) is 1.31. The van der Waals surface area contributed by atoms with Gasteiger partial charge in [-0.15, -0.1) is 0 Å². The van der Waals surface area contributed by atoms with Gasteiger partial charge in [-0.1, -0.05) is 6.07 Å². The minimum atomic E-state index is -0.748. The molecule has 1 N–H and O–H groups in total. The smallest absolute Gasteiger partial charge is 0.244 e. The van der Waals surface area contributed by atoms with Gasteiger partial charge < -0.3 is 19.4 Å². The Bertz CT molecular complexity index is 383. The summed E-state index contributed by atoms with van der Waals surface area (Å²) in [6.07, 6.45) is -0.748. The van der Waals surface area contributed by atoms with E-state index < -0.39 is 6.10 Å². The van der Waals surface area contributed by atoms with E-state index in [0.717, 1.165) is 0 Å². The van der Waals surface area contributed by atoms with Crippen LogP contribution in [0, 0.1) is 6.57 Å². The molecule has 0 fully saturated rings. The molecule has 0 saturated carbocycles. The van der Waals surface area contributed by atoms with Gasteiger partial charge in [0, 0.05) is 0 Å². The Balaban J connectivity index is 2.25. The zero-order valence-electron chi connectivity index (χ0n) is 7.43. The van der Waals surface area contributed by atoms with Crippen LogP contribution >= 0.6 is 0 Å². The van der Waals surface area contributed by atoms with Crippen LogP contribution in [-0.4, -0.2) is 18.4 Å². The molecule has 1 aliphatic heterocycles. The number of benzene rings is 1. The average molecular weight is 191 g/mol. The number of fused-ring (bicyclic) bond motifs is 1. The number of hydrogen-bond donors (Lipinski definition) is 1. The van der Waals surface area contributed by atoms with Crippen LogP contribution in [0.15, 0.2) is 18.2 Å². The van der Waals surface area contributed by atoms with Crippen molar-refractivity contribution in [1.29, 1.82) is 0 Å². The summed E-state index contributed by atoms with van der Waals surface area (Å²) in [5.74, 6) is 1.32. The molecular weight excluding hydrogens is 182 g/mol. The summed E-state index contributed by atoms with van der Waals surface area (Å²) in [4.78, 5) is 3.13. The van der Waals surface area contributed by atoms with Crippen LogP contribution in [0.4, 0.5) is 0 Å². The lowest BCUT2D eigenvalue weighted by molar-refractivity contribution is 0.173. The van der Waals surface area contributed by atoms with Gasteiger partial charge in [-0.25, -0.2) is 6.57 Å². The molecular formula is C10H9NO3. The van der Waals surface area contributed by atoms with Crippen molar-refractivity contribution in [2.24, 2.45) is 0 Å². The van der Waals surface area contributed by atoms with Crippen molar-refractivity contribution in [2.45, 2.75) is 6.10 Å². The Morgan fingerprint density at radius 2 is 2.21 bits per heavy atom. The maximum Gasteiger partial charge on any atom is 0.244 e. The van der Waals surface area contributed by atoms with Gasteiger partial charge in [0.2, 0.25) is 13.3 Å². The fraction of sp³-hybridized carbons (Fsp3) is 0.300. The Morgan fingerprint density at radius 1 is 1.43 bits per heavy atom. The highest BCUT2D eigenvalue weighted by molar-refractivity contribution is 5.45. The molecule has 1 aromatic carbocycles. The second kappa shape index (κ2) is 3.56. The van der Waals surface area contributed by atoms with E-state index in [1.165, 1.54) is 0 Å². The molecule has 1 unspecified atom stereocenters. The molecule has 0 aromatic heterocycles. The number of ether oxygens (including phenoxy) is 2. The highest BCUT2D eigenvalue weighted by Gasteiger charge is 2.17. The van der Waals surface area contributed by atoms with Gasteiger partial charge in [0.15, 0.2) is 17.6 Å². The van der Waals surface area contributed by atoms with Crippen LogP contribution in [0.25, 0.3) is 4.85 Å². The van der Waals surface area contributed by atoms with E-state index >= 15 is 0 Å². The Labute approximate surface area is 81.5 Å². The molecule has 72 valence electrons. The number of rotatable bonds is 2. The molecule has 0 saturated heterocycles. The quantitative estimate of drug-likeness (QED) is 0.718. The summed E-state index contributed by atoms with van der Waals surface area (Å²) in [7, 11) is 0. The molecule has 0 radical (unpaired) electrons. The maximum atomic E-state index is 9.54. The van der Waals surface area contributed by atoms with E-state index in [0.29, 0.717) is 17.1 Å². The molecule has 1 heterocycles. The van der Waals surface area contributed by atoms with Crippen molar-refractivity contribution in [3.8, 4) is 11.5 Å². The van der Waals surface area contributed by atoms with Crippen LogP contribution in [0.5, 0.6) is 11.5 Å². The van der Waals surface area contributed by atoms with Crippen molar-refractivity contribution in [1.82, 2.24) is 0 Å². The van der Waals surface area contributed by atoms with Gasteiger partial charge in [0.25, 0.3) is 0 Å². The predicted molar refractivity (Wildman–Crippen MR) is 49.0 cm³/mol. The standard InChI is InChI=1S/C10H9NO3/c1-11-5-8(12)7-2-3-9-10(4-7)14-6-13-9/h2-4,8,12H,5-6H2. The second-order valence-electron chi connectivity index (χ2n) is 2.97. The molecule has 0 amide bonds. The number of nitrogens with zero attached hydrogens (tertiary/aromatic N) is 1. The third-order valence-electron chi connectivity index (χ3n) is 2.05. The lowest BCUT2D eigenvalue weighted by Crippen LogP contribution is -1.99. The van der Waals surface area contributed by atoms with E-state index in [1.54, 1.807) is 18.2 Å². The molecule has 0 aliphatic carbocycles. The second-order valence-corrected chi connectivity index (χ2v) is 2.97. The largest absolute Gasteiger partial charge is 0.454 e. The van der Waals surface area contributed by atoms with Crippen LogP contribution in [-0.2, 0) is 0 Å². The zero-order chi connectivity index (χ0) is 9.97. The first-order valence-corrected chi connectivity index (χ1v) is 4.22. The first-order valence-electron chi connectivity index (χ1n) is 4.22. The van der Waals surface area contributed by atoms with Gasteiger partial charge in [0.1, 0.15) is 0 Å². The highest BCUT2D eigenvalue weighted by atomic mass is 16.7. The number of hydrogen-bond acceptors (Lipinski definition) is 3. The van der Waals surface area contributed by atoms with Crippen LogP contribution in [0.3, 0.4) is 0 Å². The van der Waals surface area contributed by atoms with E-state index in [2.05, 4.69) is 4.85 Å². The first kappa shape index (κ1) is 8.85. The van der Waals surface area contributed by atoms with Crippen LogP contribution in [0.2, 0.25) is 0 Å². The van der Waals surface area contributed by atoms with Crippen LogP contribution in [0.1, 0.15) is 11.7 Å². The van der Waals surface area contributed by atoms with Gasteiger partial charge in [-0.2, -0.15) is 0 Å². The van der Waals surface area contributed by atoms with E-state index in [-0.39, 0.29) is 13.3 Å². The van der Waals surface area contributed by atoms with Crippen molar-refractivity contribution >= 4 is 0 Å². The SMILES string of the molecule is [C-]#[N+]CC(O)c1ccc2c(c1)OCO2. The monoisotopic (exact) mass is 191 g/mol. The van der Waals surface area contributed by atoms with E-state index in [4.69, 9.17) is 16.0 Å². The Morgan fingerprint density at radius 3 is 3.00 bits per heavy atom. The number of aliphatic hydroxyl groups excluding tert-OH is 1. The van der Waals surface area contributed by atoms with Crippen molar-refractivity contribution in [2.75, 3.05) is 13.3 Å². The van der Waals surface area contributed by atoms with E-state index in [1.807, 2.05) is 0 Å². The molecule has 4 nitrogen and oxygen atoms in total. The van der Waals surface area contributed by atoms with Crippen molar-refractivity contribution in [3.05, 3.63) is 35.2 Å². The average Bonchev–Trinajstić information content (AvgIpc) is 2.64. The summed E-state index contributed by atoms with van der Waals surface area (Å²) in [6, 6.07) is 5.19. The third kappa shape index (κ3) is 1.50. The molecule has 4 heteroatoms. The van der Waals surface area contributed by atoms with E-state index in [9.17, 15) is 5.11 Å². The molecule has 1 aromatic rings. The summed E-state index contributed by atoms with van der Waals surface area (Å²) >= 11 is 0. The van der Waals surface area contributed by atoms with Crippen molar-refractivity contribution in [3.63, 3.8) is 0 Å². The van der Waals surface area contributed by atoms with Gasteiger partial charge in [-0.05, 0) is 17.7 Å². The lowest BCUT2D eigenvalue weighted by Gasteiger charge is -2.04. The minimum Gasteiger partial charge on any atom is -0.454 e. The van der Waals surface area contributed by atoms with Crippen LogP contribution < -0.4 is 9.47 Å². The third-order valence-corrected chi connectivity index (χ3v) is 2.05. The maximum absolute atomic E-state index is 9.54. The van der Waals surface area contributed by atoms with Gasteiger partial charge in [-0.3, -0.25) is 0 Å². The first-order chi connectivity index (χ1) is 6.81. The lowest BCUT2D eigenvalue weighted by atomic mass is 10.1. The molecule has 1 aliphatic rings. The molecule has 0 bridgehead atoms. The molecule has 14 heavy (non-hydrogen) atoms. The summed E-state index contributed by atoms with van der Waals surface area (Å²) in [5, 5.41) is 9.54. The minimum absolute atomic E-state index is 0.0691. The Hall–Kier alpha value is -1.73. The van der Waals surface area contributed by atoms with Gasteiger partial charge >= 0.3 is 0 Å². The number of aliphatic hydroxyl groups is 1. The highest BCUT2D eigenvalue weighted by Crippen LogP contribution is 2.34. The predicted octanol–water partition coefficient (Wildman–Crippen LogP) is 1.37. The molecule has 1 atom stereocenters. The fourth-order valence-electron chi connectivity index (χ4n) is 1.31. The summed E-state index contributed by atoms with van der Waals surface area (Å²) in [6.45, 7) is 6.93.